The van der Waals surface area contributed by atoms with E-state index in [4.69, 9.17) is 0 Å². The molecule has 3 rings (SSSR count). The number of rotatable bonds is 4. The average molecular weight is 362 g/mol. The van der Waals surface area contributed by atoms with Crippen molar-refractivity contribution in [2.45, 2.75) is 25.8 Å². The molecule has 2 saturated heterocycles. The summed E-state index contributed by atoms with van der Waals surface area (Å²) < 4.78 is 13.9. The van der Waals surface area contributed by atoms with Gasteiger partial charge in [-0.2, -0.15) is 0 Å². The molecule has 142 valence electrons. The van der Waals surface area contributed by atoms with E-state index < -0.39 is 0 Å². The average Bonchev–Trinajstić information content (AvgIpc) is 2.63. The minimum Gasteiger partial charge on any atom is -0.367 e. The Kier molecular flexibility index (Phi) is 6.08. The summed E-state index contributed by atoms with van der Waals surface area (Å²) in [4.78, 5) is 29.6. The fourth-order valence-corrected chi connectivity index (χ4v) is 3.67. The standard InChI is InChI=1S/C19H27FN4O2/c1-15(25)23-8-6-16(7-9-23)21-19(26)14-22-10-12-24(13-11-22)18-5-3-2-4-17(18)20/h2-5,16H,6-14H2,1H3,(H,21,26). The topological polar surface area (TPSA) is 55.9 Å². The smallest absolute Gasteiger partial charge is 0.234 e. The van der Waals surface area contributed by atoms with Gasteiger partial charge in [-0.25, -0.2) is 4.39 Å². The fourth-order valence-electron chi connectivity index (χ4n) is 3.67. The number of piperazine rings is 1. The third-order valence-electron chi connectivity index (χ3n) is 5.24. The molecule has 6 nitrogen and oxygen atoms in total. The second-order valence-electron chi connectivity index (χ2n) is 7.06. The van der Waals surface area contributed by atoms with E-state index in [0.717, 1.165) is 25.9 Å². The van der Waals surface area contributed by atoms with Crippen LogP contribution in [-0.4, -0.2) is 73.5 Å². The maximum absolute atomic E-state index is 13.9. The van der Waals surface area contributed by atoms with E-state index in [0.29, 0.717) is 38.4 Å². The van der Waals surface area contributed by atoms with E-state index >= 15 is 0 Å². The number of halogens is 1. The molecule has 1 aromatic rings. The van der Waals surface area contributed by atoms with Gasteiger partial charge in [-0.15, -0.1) is 0 Å². The molecule has 2 aliphatic heterocycles. The number of likely N-dealkylation sites (tertiary alicyclic amines) is 1. The van der Waals surface area contributed by atoms with E-state index in [9.17, 15) is 14.0 Å². The quantitative estimate of drug-likeness (QED) is 0.871. The number of carbonyl (C=O) groups is 2. The van der Waals surface area contributed by atoms with Gasteiger partial charge in [0.2, 0.25) is 11.8 Å². The fraction of sp³-hybridized carbons (Fsp3) is 0.579. The van der Waals surface area contributed by atoms with Crippen LogP contribution in [0.1, 0.15) is 19.8 Å². The second kappa shape index (κ2) is 8.49. The third kappa shape index (κ3) is 4.72. The molecule has 7 heteroatoms. The van der Waals surface area contributed by atoms with Crippen LogP contribution in [0, 0.1) is 5.82 Å². The molecule has 0 bridgehead atoms. The Labute approximate surface area is 153 Å². The number of para-hydroxylation sites is 1. The zero-order valence-electron chi connectivity index (χ0n) is 15.3. The summed E-state index contributed by atoms with van der Waals surface area (Å²) in [5.74, 6) is -0.0660. The minimum atomic E-state index is -0.199. The van der Waals surface area contributed by atoms with Crippen molar-refractivity contribution in [3.63, 3.8) is 0 Å². The Balaban J connectivity index is 1.40. The van der Waals surface area contributed by atoms with Crippen molar-refractivity contribution in [2.24, 2.45) is 0 Å². The van der Waals surface area contributed by atoms with Crippen molar-refractivity contribution in [3.8, 4) is 0 Å². The normalized spacial score (nSPS) is 19.5. The lowest BCUT2D eigenvalue weighted by atomic mass is 10.1. The van der Waals surface area contributed by atoms with Gasteiger partial charge < -0.3 is 15.1 Å². The molecule has 0 radical (unpaired) electrons. The first-order valence-electron chi connectivity index (χ1n) is 9.29. The molecule has 0 unspecified atom stereocenters. The van der Waals surface area contributed by atoms with Crippen LogP contribution < -0.4 is 10.2 Å². The Morgan fingerprint density at radius 1 is 1.08 bits per heavy atom. The number of piperidine rings is 1. The molecule has 26 heavy (non-hydrogen) atoms. The van der Waals surface area contributed by atoms with E-state index in [-0.39, 0.29) is 23.7 Å². The summed E-state index contributed by atoms with van der Waals surface area (Å²) >= 11 is 0. The second-order valence-corrected chi connectivity index (χ2v) is 7.06. The Morgan fingerprint density at radius 2 is 1.73 bits per heavy atom. The molecule has 2 fully saturated rings. The molecule has 0 saturated carbocycles. The van der Waals surface area contributed by atoms with Gasteiger partial charge in [-0.1, -0.05) is 12.1 Å². The van der Waals surface area contributed by atoms with Gasteiger partial charge in [-0.3, -0.25) is 14.5 Å². The van der Waals surface area contributed by atoms with E-state index in [1.165, 1.54) is 6.07 Å². The highest BCUT2D eigenvalue weighted by atomic mass is 19.1. The predicted molar refractivity (Wildman–Crippen MR) is 98.5 cm³/mol. The molecule has 0 spiro atoms. The molecular formula is C19H27FN4O2. The maximum Gasteiger partial charge on any atom is 0.234 e. The molecule has 2 amide bonds. The van der Waals surface area contributed by atoms with Gasteiger partial charge in [0.25, 0.3) is 0 Å². The highest BCUT2D eigenvalue weighted by Crippen LogP contribution is 2.20. The van der Waals surface area contributed by atoms with Gasteiger partial charge >= 0.3 is 0 Å². The predicted octanol–water partition coefficient (Wildman–Crippen LogP) is 1.07. The summed E-state index contributed by atoms with van der Waals surface area (Å²) in [6.45, 7) is 6.28. The molecule has 0 atom stereocenters. The monoisotopic (exact) mass is 362 g/mol. The summed E-state index contributed by atoms with van der Waals surface area (Å²) in [6.07, 6.45) is 1.62. The van der Waals surface area contributed by atoms with Gasteiger partial charge in [0.1, 0.15) is 5.82 Å². The molecule has 2 heterocycles. The van der Waals surface area contributed by atoms with Crippen LogP contribution in [0.2, 0.25) is 0 Å². The number of hydrogen-bond acceptors (Lipinski definition) is 4. The highest BCUT2D eigenvalue weighted by Gasteiger charge is 2.24. The molecule has 2 aliphatic rings. The van der Waals surface area contributed by atoms with Gasteiger partial charge in [-0.05, 0) is 25.0 Å². The summed E-state index contributed by atoms with van der Waals surface area (Å²) in [7, 11) is 0. The van der Waals surface area contributed by atoms with Gasteiger partial charge in [0.05, 0.1) is 12.2 Å². The van der Waals surface area contributed by atoms with Gasteiger partial charge in [0.15, 0.2) is 0 Å². The summed E-state index contributed by atoms with van der Waals surface area (Å²) in [5, 5.41) is 3.09. The first-order valence-corrected chi connectivity index (χ1v) is 9.29. The minimum absolute atomic E-state index is 0.0330. The van der Waals surface area contributed by atoms with Crippen LogP contribution in [0.15, 0.2) is 24.3 Å². The number of carbonyl (C=O) groups excluding carboxylic acids is 2. The zero-order valence-corrected chi connectivity index (χ0v) is 15.3. The lowest BCUT2D eigenvalue weighted by Crippen LogP contribution is -2.52. The van der Waals surface area contributed by atoms with Crippen molar-refractivity contribution in [2.75, 3.05) is 50.7 Å². The van der Waals surface area contributed by atoms with Crippen LogP contribution >= 0.6 is 0 Å². The molecule has 1 N–H and O–H groups in total. The number of benzene rings is 1. The SMILES string of the molecule is CC(=O)N1CCC(NC(=O)CN2CCN(c3ccccc3F)CC2)CC1. The summed E-state index contributed by atoms with van der Waals surface area (Å²) in [6, 6.07) is 6.96. The van der Waals surface area contributed by atoms with E-state index in [2.05, 4.69) is 10.2 Å². The van der Waals surface area contributed by atoms with Crippen LogP contribution in [-0.2, 0) is 9.59 Å². The first-order chi connectivity index (χ1) is 12.5. The first kappa shape index (κ1) is 18.6. The van der Waals surface area contributed by atoms with E-state index in [1.807, 2.05) is 15.9 Å². The molecule has 1 aromatic carbocycles. The highest BCUT2D eigenvalue weighted by molar-refractivity contribution is 5.78. The van der Waals surface area contributed by atoms with Crippen molar-refractivity contribution in [1.29, 1.82) is 0 Å². The lowest BCUT2D eigenvalue weighted by Gasteiger charge is -2.36. The van der Waals surface area contributed by atoms with Crippen molar-refractivity contribution < 1.29 is 14.0 Å². The lowest BCUT2D eigenvalue weighted by molar-refractivity contribution is -0.130. The Hall–Kier alpha value is -2.15. The number of anilines is 1. The van der Waals surface area contributed by atoms with Crippen LogP contribution in [0.25, 0.3) is 0 Å². The van der Waals surface area contributed by atoms with Crippen molar-refractivity contribution in [3.05, 3.63) is 30.1 Å². The Morgan fingerprint density at radius 3 is 2.35 bits per heavy atom. The third-order valence-corrected chi connectivity index (χ3v) is 5.24. The number of amides is 2. The van der Waals surface area contributed by atoms with Crippen molar-refractivity contribution in [1.82, 2.24) is 15.1 Å². The molecule has 0 aliphatic carbocycles. The van der Waals surface area contributed by atoms with Crippen LogP contribution in [0.5, 0.6) is 0 Å². The van der Waals surface area contributed by atoms with Crippen LogP contribution in [0.4, 0.5) is 10.1 Å². The zero-order chi connectivity index (χ0) is 18.5. The molecular weight excluding hydrogens is 335 g/mol. The summed E-state index contributed by atoms with van der Waals surface area (Å²) in [5.41, 5.74) is 0.633. The molecule has 0 aromatic heterocycles. The van der Waals surface area contributed by atoms with Crippen molar-refractivity contribution >= 4 is 17.5 Å². The van der Waals surface area contributed by atoms with Crippen LogP contribution in [0.3, 0.4) is 0 Å². The Bertz CT molecular complexity index is 638. The number of nitrogens with one attached hydrogen (secondary N) is 1. The van der Waals surface area contributed by atoms with E-state index in [1.54, 1.807) is 19.1 Å². The van der Waals surface area contributed by atoms with Gasteiger partial charge in [0, 0.05) is 52.2 Å². The number of nitrogens with zero attached hydrogens (tertiary/aromatic N) is 3. The number of hydrogen-bond donors (Lipinski definition) is 1. The largest absolute Gasteiger partial charge is 0.367 e. The maximum atomic E-state index is 13.9.